The predicted molar refractivity (Wildman–Crippen MR) is 42.7 cm³/mol. The van der Waals surface area contributed by atoms with E-state index in [9.17, 15) is 0 Å². The Hall–Kier alpha value is -0.510. The Kier molecular flexibility index (Phi) is 3.29. The van der Waals surface area contributed by atoms with Gasteiger partial charge in [0, 0.05) is 5.75 Å². The Balaban J connectivity index is 2.43. The highest BCUT2D eigenvalue weighted by atomic mass is 32.2. The summed E-state index contributed by atoms with van der Waals surface area (Å²) in [6.07, 6.45) is 0. The van der Waals surface area contributed by atoms with Crippen LogP contribution in [0.1, 0.15) is 5.56 Å². The zero-order valence-electron chi connectivity index (χ0n) is 5.45. The molecule has 0 bridgehead atoms. The van der Waals surface area contributed by atoms with Crippen molar-refractivity contribution in [3.63, 3.8) is 0 Å². The van der Waals surface area contributed by atoms with Crippen LogP contribution in [-0.4, -0.2) is 5.21 Å². The van der Waals surface area contributed by atoms with Crippen LogP contribution in [0.15, 0.2) is 30.3 Å². The summed E-state index contributed by atoms with van der Waals surface area (Å²) in [6, 6.07) is 9.97. The second-order valence-electron chi connectivity index (χ2n) is 1.87. The van der Waals surface area contributed by atoms with Gasteiger partial charge in [0.05, 0.1) is 0 Å². The van der Waals surface area contributed by atoms with E-state index >= 15 is 0 Å². The molecule has 0 unspecified atom stereocenters. The molecule has 1 aromatic carbocycles. The summed E-state index contributed by atoms with van der Waals surface area (Å²) in [4.78, 5) is 2.03. The molecule has 1 rings (SSSR count). The average molecular weight is 155 g/mol. The van der Waals surface area contributed by atoms with Crippen molar-refractivity contribution in [1.82, 2.24) is 4.89 Å². The van der Waals surface area contributed by atoms with Gasteiger partial charge in [-0.05, 0) is 5.56 Å². The fraction of sp³-hybridized carbons (Fsp3) is 0.143. The summed E-state index contributed by atoms with van der Waals surface area (Å²) in [6.45, 7) is 0. The number of hydrogen-bond donors (Lipinski definition) is 2. The van der Waals surface area contributed by atoms with E-state index in [2.05, 4.69) is 0 Å². The molecule has 0 aliphatic carbocycles. The lowest BCUT2D eigenvalue weighted by Gasteiger charge is -1.96. The molecule has 1 aromatic rings. The quantitative estimate of drug-likeness (QED) is 0.516. The Labute approximate surface area is 64.4 Å². The van der Waals surface area contributed by atoms with Crippen LogP contribution >= 0.6 is 11.9 Å². The predicted octanol–water partition coefficient (Wildman–Crippen LogP) is 1.81. The van der Waals surface area contributed by atoms with Crippen molar-refractivity contribution in [2.45, 2.75) is 5.75 Å². The van der Waals surface area contributed by atoms with Gasteiger partial charge in [-0.1, -0.05) is 42.3 Å². The monoisotopic (exact) mass is 155 g/mol. The van der Waals surface area contributed by atoms with Crippen LogP contribution in [0, 0.1) is 0 Å². The van der Waals surface area contributed by atoms with Crippen molar-refractivity contribution >= 4 is 11.9 Å². The molecule has 0 atom stereocenters. The van der Waals surface area contributed by atoms with Gasteiger partial charge < -0.3 is 5.21 Å². The molecule has 3 heteroatoms. The maximum Gasteiger partial charge on any atom is 0.0351 e. The van der Waals surface area contributed by atoms with Crippen LogP contribution in [0.5, 0.6) is 0 Å². The van der Waals surface area contributed by atoms with E-state index in [1.807, 2.05) is 35.2 Å². The van der Waals surface area contributed by atoms with E-state index in [0.717, 1.165) is 5.75 Å². The van der Waals surface area contributed by atoms with Crippen LogP contribution in [-0.2, 0) is 5.75 Å². The Morgan fingerprint density at radius 1 is 1.30 bits per heavy atom. The smallest absolute Gasteiger partial charge is 0.0351 e. The second-order valence-corrected chi connectivity index (χ2v) is 2.63. The Bertz CT molecular complexity index is 178. The first-order valence-electron chi connectivity index (χ1n) is 2.98. The van der Waals surface area contributed by atoms with Crippen molar-refractivity contribution in [1.29, 1.82) is 0 Å². The molecule has 0 heterocycles. The Morgan fingerprint density at radius 2 is 2.00 bits per heavy atom. The number of benzene rings is 1. The summed E-state index contributed by atoms with van der Waals surface area (Å²) in [7, 11) is 0. The third-order valence-corrected chi connectivity index (χ3v) is 1.75. The van der Waals surface area contributed by atoms with Gasteiger partial charge in [0.1, 0.15) is 0 Å². The van der Waals surface area contributed by atoms with Gasteiger partial charge in [-0.3, -0.25) is 0 Å². The molecule has 0 spiro atoms. The summed E-state index contributed by atoms with van der Waals surface area (Å²) < 4.78 is 0. The molecule has 0 radical (unpaired) electrons. The van der Waals surface area contributed by atoms with Crippen molar-refractivity contribution in [2.24, 2.45) is 0 Å². The van der Waals surface area contributed by atoms with Gasteiger partial charge in [0.2, 0.25) is 0 Å². The third kappa shape index (κ3) is 2.39. The lowest BCUT2D eigenvalue weighted by molar-refractivity contribution is 0.258. The lowest BCUT2D eigenvalue weighted by Crippen LogP contribution is -1.93. The minimum atomic E-state index is 0.789. The van der Waals surface area contributed by atoms with E-state index in [0.29, 0.717) is 0 Å². The highest BCUT2D eigenvalue weighted by Gasteiger charge is 1.88. The second kappa shape index (κ2) is 4.33. The Morgan fingerprint density at radius 3 is 2.60 bits per heavy atom. The summed E-state index contributed by atoms with van der Waals surface area (Å²) in [5.74, 6) is 0.789. The topological polar surface area (TPSA) is 32.3 Å². The van der Waals surface area contributed by atoms with E-state index in [1.54, 1.807) is 0 Å². The van der Waals surface area contributed by atoms with E-state index in [1.165, 1.54) is 17.5 Å². The summed E-state index contributed by atoms with van der Waals surface area (Å²) >= 11 is 1.27. The number of nitrogens with one attached hydrogen (secondary N) is 1. The van der Waals surface area contributed by atoms with Crippen LogP contribution in [0.25, 0.3) is 0 Å². The maximum absolute atomic E-state index is 8.24. The molecule has 54 valence electrons. The largest absolute Gasteiger partial charge is 0.306 e. The molecular formula is C7H9NOS. The van der Waals surface area contributed by atoms with E-state index < -0.39 is 0 Å². The zero-order chi connectivity index (χ0) is 7.23. The molecule has 2 nitrogen and oxygen atoms in total. The van der Waals surface area contributed by atoms with E-state index in [-0.39, 0.29) is 0 Å². The highest BCUT2D eigenvalue weighted by molar-refractivity contribution is 7.96. The van der Waals surface area contributed by atoms with Crippen molar-refractivity contribution in [3.05, 3.63) is 35.9 Å². The SMILES string of the molecule is ONSCc1ccccc1. The fourth-order valence-corrected chi connectivity index (χ4v) is 1.11. The minimum Gasteiger partial charge on any atom is -0.306 e. The fourth-order valence-electron chi connectivity index (χ4n) is 0.690. The first-order chi connectivity index (χ1) is 4.93. The van der Waals surface area contributed by atoms with Gasteiger partial charge in [-0.2, -0.15) is 0 Å². The molecule has 0 saturated carbocycles. The molecule has 0 aromatic heterocycles. The molecule has 0 aliphatic rings. The van der Waals surface area contributed by atoms with Crippen LogP contribution < -0.4 is 4.89 Å². The summed E-state index contributed by atoms with van der Waals surface area (Å²) in [5.41, 5.74) is 1.20. The first kappa shape index (κ1) is 7.60. The third-order valence-electron chi connectivity index (χ3n) is 1.15. The zero-order valence-corrected chi connectivity index (χ0v) is 6.27. The molecule has 2 N–H and O–H groups in total. The molecule has 0 saturated heterocycles. The lowest BCUT2D eigenvalue weighted by atomic mass is 10.2. The van der Waals surface area contributed by atoms with Crippen LogP contribution in [0.4, 0.5) is 0 Å². The highest BCUT2D eigenvalue weighted by Crippen LogP contribution is 2.06. The van der Waals surface area contributed by atoms with Gasteiger partial charge in [-0.15, -0.1) is 4.89 Å². The maximum atomic E-state index is 8.24. The first-order valence-corrected chi connectivity index (χ1v) is 3.97. The normalized spacial score (nSPS) is 9.70. The molecular weight excluding hydrogens is 146 g/mol. The average Bonchev–Trinajstić information content (AvgIpc) is 2.03. The molecule has 0 amide bonds. The van der Waals surface area contributed by atoms with Crippen molar-refractivity contribution in [3.8, 4) is 0 Å². The van der Waals surface area contributed by atoms with Gasteiger partial charge >= 0.3 is 0 Å². The van der Waals surface area contributed by atoms with Crippen LogP contribution in [0.2, 0.25) is 0 Å². The van der Waals surface area contributed by atoms with E-state index in [4.69, 9.17) is 5.21 Å². The minimum absolute atomic E-state index is 0.789. The van der Waals surface area contributed by atoms with Gasteiger partial charge in [0.25, 0.3) is 0 Å². The standard InChI is InChI=1S/C7H9NOS/c9-8-10-6-7-4-2-1-3-5-7/h1-5,8-9H,6H2. The van der Waals surface area contributed by atoms with Gasteiger partial charge in [0.15, 0.2) is 0 Å². The number of hydrogen-bond acceptors (Lipinski definition) is 3. The molecule has 10 heavy (non-hydrogen) atoms. The molecule has 0 fully saturated rings. The van der Waals surface area contributed by atoms with Crippen molar-refractivity contribution < 1.29 is 5.21 Å². The van der Waals surface area contributed by atoms with Gasteiger partial charge in [-0.25, -0.2) is 0 Å². The van der Waals surface area contributed by atoms with Crippen LogP contribution in [0.3, 0.4) is 0 Å². The molecule has 0 aliphatic heterocycles. The summed E-state index contributed by atoms with van der Waals surface area (Å²) in [5, 5.41) is 8.24. The number of rotatable bonds is 3. The van der Waals surface area contributed by atoms with Crippen molar-refractivity contribution in [2.75, 3.05) is 0 Å².